The van der Waals surface area contributed by atoms with E-state index in [2.05, 4.69) is 15.0 Å². The van der Waals surface area contributed by atoms with Crippen LogP contribution >= 0.6 is 0 Å². The van der Waals surface area contributed by atoms with Gasteiger partial charge in [-0.05, 0) is 35.9 Å². The van der Waals surface area contributed by atoms with Gasteiger partial charge in [0.15, 0.2) is 11.7 Å². The van der Waals surface area contributed by atoms with Gasteiger partial charge in [0.25, 0.3) is 0 Å². The van der Waals surface area contributed by atoms with E-state index in [1.807, 2.05) is 30.3 Å². The van der Waals surface area contributed by atoms with Gasteiger partial charge in [0, 0.05) is 29.7 Å². The molecule has 0 atom stereocenters. The minimum atomic E-state index is -2.97. The number of aryl methyl sites for hydroxylation is 1. The van der Waals surface area contributed by atoms with Crippen molar-refractivity contribution in [3.8, 4) is 33.9 Å². The lowest BCUT2D eigenvalue weighted by atomic mass is 10.0. The van der Waals surface area contributed by atoms with Gasteiger partial charge in [0.2, 0.25) is 5.91 Å². The number of alkyl halides is 2. The number of nitrogens with one attached hydrogen (secondary N) is 1. The van der Waals surface area contributed by atoms with Crippen molar-refractivity contribution >= 4 is 11.6 Å². The fraction of sp³-hybridized carbons (Fsp3) is 0.154. The van der Waals surface area contributed by atoms with E-state index in [0.29, 0.717) is 40.6 Å². The van der Waals surface area contributed by atoms with E-state index in [9.17, 15) is 13.6 Å². The summed E-state index contributed by atoms with van der Waals surface area (Å²) in [6.07, 6.45) is 2.09. The predicted molar refractivity (Wildman–Crippen MR) is 124 cm³/mol. The molecule has 3 aromatic carbocycles. The first-order chi connectivity index (χ1) is 16.5. The summed E-state index contributed by atoms with van der Waals surface area (Å²) >= 11 is 0. The fourth-order valence-electron chi connectivity index (χ4n) is 3.41. The Morgan fingerprint density at radius 1 is 1.03 bits per heavy atom. The molecule has 0 unspecified atom stereocenters. The van der Waals surface area contributed by atoms with Crippen LogP contribution in [0, 0.1) is 0 Å². The second kappa shape index (κ2) is 10.6. The maximum atomic E-state index is 12.9. The molecule has 4 rings (SSSR count). The molecule has 0 aliphatic rings. The Bertz CT molecular complexity index is 1240. The van der Waals surface area contributed by atoms with Crippen molar-refractivity contribution in [2.24, 2.45) is 0 Å². The average molecular weight is 464 g/mol. The number of methoxy groups -OCH3 is 1. The number of rotatable bonds is 9. The number of benzene rings is 3. The summed E-state index contributed by atoms with van der Waals surface area (Å²) in [4.78, 5) is 16.7. The standard InChI is InChI=1S/C26H22F2N2O4/c1-32-20-10-7-17(8-11-20)21-15-19(9-12-22(21)34-26(27)28)30-24(31)13-14-25-29-16-23(33-25)18-5-3-2-4-6-18/h2-12,15-16,26H,13-14H2,1H3,(H,30,31). The van der Waals surface area contributed by atoms with Crippen LogP contribution in [0.1, 0.15) is 12.3 Å². The molecule has 34 heavy (non-hydrogen) atoms. The number of halogens is 2. The molecule has 1 aromatic heterocycles. The normalized spacial score (nSPS) is 10.8. The van der Waals surface area contributed by atoms with Crippen molar-refractivity contribution in [3.63, 3.8) is 0 Å². The van der Waals surface area contributed by atoms with Crippen LogP contribution in [0.3, 0.4) is 0 Å². The molecule has 4 aromatic rings. The summed E-state index contributed by atoms with van der Waals surface area (Å²) < 4.78 is 41.3. The topological polar surface area (TPSA) is 73.6 Å². The third-order valence-electron chi connectivity index (χ3n) is 5.06. The maximum absolute atomic E-state index is 12.9. The van der Waals surface area contributed by atoms with E-state index >= 15 is 0 Å². The van der Waals surface area contributed by atoms with E-state index < -0.39 is 6.61 Å². The second-order valence-corrected chi connectivity index (χ2v) is 7.35. The highest BCUT2D eigenvalue weighted by atomic mass is 19.3. The Morgan fingerprint density at radius 2 is 1.79 bits per heavy atom. The molecule has 0 bridgehead atoms. The van der Waals surface area contributed by atoms with Gasteiger partial charge >= 0.3 is 6.61 Å². The molecule has 174 valence electrons. The van der Waals surface area contributed by atoms with Crippen LogP contribution in [0.25, 0.3) is 22.5 Å². The summed E-state index contributed by atoms with van der Waals surface area (Å²) in [7, 11) is 1.54. The van der Waals surface area contributed by atoms with Gasteiger partial charge in [0.1, 0.15) is 11.5 Å². The predicted octanol–water partition coefficient (Wildman–Crippen LogP) is 6.19. The SMILES string of the molecule is COc1ccc(-c2cc(NC(=O)CCc3ncc(-c4ccccc4)o3)ccc2OC(F)F)cc1. The lowest BCUT2D eigenvalue weighted by Gasteiger charge is -2.14. The Balaban J connectivity index is 1.44. The Morgan fingerprint density at radius 3 is 2.50 bits per heavy atom. The highest BCUT2D eigenvalue weighted by molar-refractivity contribution is 5.92. The highest BCUT2D eigenvalue weighted by Crippen LogP contribution is 2.34. The van der Waals surface area contributed by atoms with Gasteiger partial charge in [-0.1, -0.05) is 42.5 Å². The average Bonchev–Trinajstić information content (AvgIpc) is 3.33. The minimum absolute atomic E-state index is 0.00592. The van der Waals surface area contributed by atoms with Crippen molar-refractivity contribution in [1.82, 2.24) is 4.98 Å². The number of hydrogen-bond acceptors (Lipinski definition) is 5. The van der Waals surface area contributed by atoms with Crippen molar-refractivity contribution in [2.75, 3.05) is 12.4 Å². The molecule has 0 aliphatic heterocycles. The van der Waals surface area contributed by atoms with Crippen LogP contribution in [-0.4, -0.2) is 24.6 Å². The Labute approximate surface area is 195 Å². The van der Waals surface area contributed by atoms with Gasteiger partial charge in [-0.2, -0.15) is 8.78 Å². The number of anilines is 1. The number of carbonyl (C=O) groups excluding carboxylic acids is 1. The largest absolute Gasteiger partial charge is 0.497 e. The maximum Gasteiger partial charge on any atom is 0.387 e. The summed E-state index contributed by atoms with van der Waals surface area (Å²) in [5.41, 5.74) is 2.42. The molecule has 0 saturated heterocycles. The molecule has 8 heteroatoms. The van der Waals surface area contributed by atoms with E-state index in [4.69, 9.17) is 9.15 Å². The number of aromatic nitrogens is 1. The first-order valence-electron chi connectivity index (χ1n) is 10.5. The van der Waals surface area contributed by atoms with Crippen LogP contribution in [0.2, 0.25) is 0 Å². The zero-order valence-electron chi connectivity index (χ0n) is 18.3. The van der Waals surface area contributed by atoms with Crippen LogP contribution in [-0.2, 0) is 11.2 Å². The van der Waals surface area contributed by atoms with Crippen molar-refractivity contribution in [2.45, 2.75) is 19.5 Å². The molecular weight excluding hydrogens is 442 g/mol. The summed E-state index contributed by atoms with van der Waals surface area (Å²) in [6, 6.07) is 21.0. The first kappa shape index (κ1) is 23.0. The van der Waals surface area contributed by atoms with Crippen LogP contribution in [0.4, 0.5) is 14.5 Å². The number of hydrogen-bond donors (Lipinski definition) is 1. The quantitative estimate of drug-likeness (QED) is 0.320. The van der Waals surface area contributed by atoms with Crippen molar-refractivity contribution in [3.05, 3.63) is 84.9 Å². The molecule has 1 N–H and O–H groups in total. The lowest BCUT2D eigenvalue weighted by molar-refractivity contribution is -0.116. The number of nitrogens with zero attached hydrogens (tertiary/aromatic N) is 1. The number of oxazole rings is 1. The second-order valence-electron chi connectivity index (χ2n) is 7.35. The van der Waals surface area contributed by atoms with Crippen LogP contribution in [0.5, 0.6) is 11.5 Å². The zero-order valence-corrected chi connectivity index (χ0v) is 18.3. The zero-order chi connectivity index (χ0) is 23.9. The van der Waals surface area contributed by atoms with Gasteiger partial charge in [-0.3, -0.25) is 4.79 Å². The van der Waals surface area contributed by atoms with Gasteiger partial charge < -0.3 is 19.2 Å². The van der Waals surface area contributed by atoms with Gasteiger partial charge in [-0.25, -0.2) is 4.98 Å². The van der Waals surface area contributed by atoms with Crippen LogP contribution < -0.4 is 14.8 Å². The third-order valence-corrected chi connectivity index (χ3v) is 5.06. The minimum Gasteiger partial charge on any atom is -0.497 e. The molecule has 0 saturated carbocycles. The molecule has 0 radical (unpaired) electrons. The molecule has 1 amide bonds. The van der Waals surface area contributed by atoms with E-state index in [-0.39, 0.29) is 18.1 Å². The van der Waals surface area contributed by atoms with E-state index in [0.717, 1.165) is 5.56 Å². The molecule has 0 spiro atoms. The fourth-order valence-corrected chi connectivity index (χ4v) is 3.41. The van der Waals surface area contributed by atoms with Gasteiger partial charge in [0.05, 0.1) is 13.3 Å². The number of carbonyl (C=O) groups is 1. The molecule has 1 heterocycles. The van der Waals surface area contributed by atoms with Gasteiger partial charge in [-0.15, -0.1) is 0 Å². The Hall–Kier alpha value is -4.20. The van der Waals surface area contributed by atoms with Crippen molar-refractivity contribution in [1.29, 1.82) is 0 Å². The summed E-state index contributed by atoms with van der Waals surface area (Å²) in [5.74, 6) is 1.46. The van der Waals surface area contributed by atoms with Crippen LogP contribution in [0.15, 0.2) is 83.4 Å². The van der Waals surface area contributed by atoms with E-state index in [1.54, 1.807) is 36.5 Å². The van der Waals surface area contributed by atoms with E-state index in [1.165, 1.54) is 19.2 Å². The summed E-state index contributed by atoms with van der Waals surface area (Å²) in [5, 5.41) is 2.79. The Kier molecular flexibility index (Phi) is 7.17. The molecule has 0 aliphatic carbocycles. The third kappa shape index (κ3) is 5.78. The molecule has 0 fully saturated rings. The number of amides is 1. The monoisotopic (exact) mass is 464 g/mol. The summed E-state index contributed by atoms with van der Waals surface area (Å²) in [6.45, 7) is -2.97. The molecule has 6 nitrogen and oxygen atoms in total. The lowest BCUT2D eigenvalue weighted by Crippen LogP contribution is -2.12. The smallest absolute Gasteiger partial charge is 0.387 e. The van der Waals surface area contributed by atoms with Crippen molar-refractivity contribution < 1.29 is 27.5 Å². The number of ether oxygens (including phenoxy) is 2. The highest BCUT2D eigenvalue weighted by Gasteiger charge is 2.14. The first-order valence-corrected chi connectivity index (χ1v) is 10.5. The molecular formula is C26H22F2N2O4.